The molecule has 0 aliphatic rings. The minimum Gasteiger partial charge on any atom is -0.319 e. The summed E-state index contributed by atoms with van der Waals surface area (Å²) < 4.78 is 49.4. The molecule has 0 spiro atoms. The van der Waals surface area contributed by atoms with Crippen LogP contribution in [-0.4, -0.2) is 14.3 Å². The zero-order valence-corrected chi connectivity index (χ0v) is 11.3. The number of amides is 1. The Hall–Kier alpha value is -2.32. The van der Waals surface area contributed by atoms with E-state index in [1.807, 2.05) is 0 Å². The van der Waals surface area contributed by atoms with E-state index in [0.29, 0.717) is 0 Å². The molecule has 8 heteroatoms. The molecule has 0 saturated carbocycles. The summed E-state index contributed by atoms with van der Waals surface area (Å²) in [6.07, 6.45) is 0. The van der Waals surface area contributed by atoms with E-state index in [1.165, 1.54) is 18.2 Å². The monoisotopic (exact) mass is 312 g/mol. The molecule has 0 aromatic heterocycles. The van der Waals surface area contributed by atoms with Crippen LogP contribution in [0.15, 0.2) is 47.4 Å². The van der Waals surface area contributed by atoms with Crippen LogP contribution in [0.2, 0.25) is 0 Å². The van der Waals surface area contributed by atoms with Gasteiger partial charge in [-0.2, -0.15) is 0 Å². The van der Waals surface area contributed by atoms with Crippen LogP contribution in [0.4, 0.5) is 14.5 Å². The van der Waals surface area contributed by atoms with Crippen molar-refractivity contribution in [3.63, 3.8) is 0 Å². The number of anilines is 1. The number of carbonyl (C=O) groups is 1. The Morgan fingerprint density at radius 1 is 1.05 bits per heavy atom. The largest absolute Gasteiger partial charge is 0.319 e. The summed E-state index contributed by atoms with van der Waals surface area (Å²) >= 11 is 0. The number of hydrogen-bond donors (Lipinski definition) is 2. The van der Waals surface area contributed by atoms with Gasteiger partial charge in [0.2, 0.25) is 10.0 Å². The lowest BCUT2D eigenvalue weighted by Gasteiger charge is -2.08. The maximum atomic E-state index is 13.6. The van der Waals surface area contributed by atoms with Gasteiger partial charge in [0.05, 0.1) is 16.1 Å². The van der Waals surface area contributed by atoms with Crippen molar-refractivity contribution in [3.8, 4) is 0 Å². The lowest BCUT2D eigenvalue weighted by molar-refractivity contribution is 0.102. The average Bonchev–Trinajstić information content (AvgIpc) is 2.40. The lowest BCUT2D eigenvalue weighted by Crippen LogP contribution is -2.16. The van der Waals surface area contributed by atoms with Gasteiger partial charge in [0.1, 0.15) is 11.6 Å². The van der Waals surface area contributed by atoms with Crippen LogP contribution in [0.1, 0.15) is 10.4 Å². The molecule has 21 heavy (non-hydrogen) atoms. The second-order valence-electron chi connectivity index (χ2n) is 4.12. The number of sulfonamides is 1. The zero-order chi connectivity index (χ0) is 15.6. The third-order valence-corrected chi connectivity index (χ3v) is 3.54. The highest BCUT2D eigenvalue weighted by atomic mass is 32.2. The van der Waals surface area contributed by atoms with E-state index in [2.05, 4.69) is 5.32 Å². The molecule has 0 bridgehead atoms. The summed E-state index contributed by atoms with van der Waals surface area (Å²) in [7, 11) is -4.04. The van der Waals surface area contributed by atoms with Crippen molar-refractivity contribution in [2.45, 2.75) is 4.90 Å². The molecule has 0 radical (unpaired) electrons. The second-order valence-corrected chi connectivity index (χ2v) is 5.68. The highest BCUT2D eigenvalue weighted by molar-refractivity contribution is 7.89. The normalized spacial score (nSPS) is 11.2. The van der Waals surface area contributed by atoms with Crippen molar-refractivity contribution in [1.82, 2.24) is 0 Å². The number of benzene rings is 2. The van der Waals surface area contributed by atoms with Crippen molar-refractivity contribution < 1.29 is 22.0 Å². The Balaban J connectivity index is 2.36. The van der Waals surface area contributed by atoms with Crippen molar-refractivity contribution in [3.05, 3.63) is 59.7 Å². The maximum absolute atomic E-state index is 13.6. The average molecular weight is 312 g/mol. The summed E-state index contributed by atoms with van der Waals surface area (Å²) in [5, 5.41) is 7.02. The smallest absolute Gasteiger partial charge is 0.258 e. The summed E-state index contributed by atoms with van der Waals surface area (Å²) in [5.74, 6) is -2.55. The van der Waals surface area contributed by atoms with Crippen LogP contribution in [0.5, 0.6) is 0 Å². The SMILES string of the molecule is NS(=O)(=O)c1ccc(F)c(NC(=O)c2ccccc2F)c1. The first-order valence-electron chi connectivity index (χ1n) is 5.67. The third kappa shape index (κ3) is 3.41. The number of rotatable bonds is 3. The first-order chi connectivity index (χ1) is 9.79. The van der Waals surface area contributed by atoms with Crippen LogP contribution in [-0.2, 0) is 10.0 Å². The Bertz CT molecular complexity index is 807. The summed E-state index contributed by atoms with van der Waals surface area (Å²) in [6.45, 7) is 0. The van der Waals surface area contributed by atoms with Crippen LogP contribution in [0.25, 0.3) is 0 Å². The van der Waals surface area contributed by atoms with E-state index in [-0.39, 0.29) is 10.5 Å². The molecule has 2 aromatic rings. The van der Waals surface area contributed by atoms with Gasteiger partial charge < -0.3 is 5.32 Å². The lowest BCUT2D eigenvalue weighted by atomic mass is 10.2. The number of nitrogens with two attached hydrogens (primary N) is 1. The molecule has 2 rings (SSSR count). The van der Waals surface area contributed by atoms with Crippen LogP contribution >= 0.6 is 0 Å². The molecule has 0 heterocycles. The molecule has 0 unspecified atom stereocenters. The minimum absolute atomic E-state index is 0.294. The fraction of sp³-hybridized carbons (Fsp3) is 0. The zero-order valence-electron chi connectivity index (χ0n) is 10.5. The maximum Gasteiger partial charge on any atom is 0.258 e. The number of carbonyl (C=O) groups excluding carboxylic acids is 1. The number of halogens is 2. The second kappa shape index (κ2) is 5.58. The van der Waals surface area contributed by atoms with E-state index in [9.17, 15) is 22.0 Å². The van der Waals surface area contributed by atoms with Crippen molar-refractivity contribution in [1.29, 1.82) is 0 Å². The Labute approximate surface area is 119 Å². The van der Waals surface area contributed by atoms with Crippen molar-refractivity contribution in [2.75, 3.05) is 5.32 Å². The third-order valence-electron chi connectivity index (χ3n) is 2.63. The molecule has 5 nitrogen and oxygen atoms in total. The van der Waals surface area contributed by atoms with E-state index < -0.39 is 33.3 Å². The van der Waals surface area contributed by atoms with Gasteiger partial charge in [0.15, 0.2) is 0 Å². The Kier molecular flexibility index (Phi) is 4.01. The summed E-state index contributed by atoms with van der Waals surface area (Å²) in [6, 6.07) is 7.80. The predicted octanol–water partition coefficient (Wildman–Crippen LogP) is 1.86. The molecule has 1 amide bonds. The van der Waals surface area contributed by atoms with Crippen LogP contribution in [0.3, 0.4) is 0 Å². The standard InChI is InChI=1S/C13H10F2N2O3S/c14-10-4-2-1-3-9(10)13(18)17-12-7-8(21(16,19)20)5-6-11(12)15/h1-7H,(H,17,18)(H2,16,19,20). The predicted molar refractivity (Wildman–Crippen MR) is 72.1 cm³/mol. The van der Waals surface area contributed by atoms with Crippen LogP contribution < -0.4 is 10.5 Å². The van der Waals surface area contributed by atoms with E-state index in [0.717, 1.165) is 24.3 Å². The van der Waals surface area contributed by atoms with Gasteiger partial charge in [-0.25, -0.2) is 22.3 Å². The van der Waals surface area contributed by atoms with Crippen molar-refractivity contribution in [2.24, 2.45) is 5.14 Å². The molecular formula is C13H10F2N2O3S. The van der Waals surface area contributed by atoms with Gasteiger partial charge in [-0.05, 0) is 30.3 Å². The highest BCUT2D eigenvalue weighted by Crippen LogP contribution is 2.20. The topological polar surface area (TPSA) is 89.3 Å². The fourth-order valence-corrected chi connectivity index (χ4v) is 2.15. The summed E-state index contributed by atoms with van der Waals surface area (Å²) in [4.78, 5) is 11.5. The van der Waals surface area contributed by atoms with E-state index in [1.54, 1.807) is 0 Å². The molecule has 0 aliphatic heterocycles. The molecule has 110 valence electrons. The summed E-state index contributed by atoms with van der Waals surface area (Å²) in [5.41, 5.74) is -0.701. The quantitative estimate of drug-likeness (QED) is 0.906. The Morgan fingerprint density at radius 3 is 2.33 bits per heavy atom. The van der Waals surface area contributed by atoms with Gasteiger partial charge in [-0.3, -0.25) is 4.79 Å². The number of primary sulfonamides is 1. The fourth-order valence-electron chi connectivity index (χ4n) is 1.61. The molecule has 0 aliphatic carbocycles. The van der Waals surface area contributed by atoms with Gasteiger partial charge in [-0.1, -0.05) is 12.1 Å². The molecular weight excluding hydrogens is 302 g/mol. The minimum atomic E-state index is -4.04. The number of nitrogens with one attached hydrogen (secondary N) is 1. The molecule has 0 saturated heterocycles. The van der Waals surface area contributed by atoms with Gasteiger partial charge in [0, 0.05) is 0 Å². The van der Waals surface area contributed by atoms with E-state index >= 15 is 0 Å². The van der Waals surface area contributed by atoms with Crippen molar-refractivity contribution >= 4 is 21.6 Å². The van der Waals surface area contributed by atoms with Gasteiger partial charge in [-0.15, -0.1) is 0 Å². The number of hydrogen-bond acceptors (Lipinski definition) is 3. The first-order valence-corrected chi connectivity index (χ1v) is 7.22. The first kappa shape index (κ1) is 15.1. The molecule has 0 atom stereocenters. The van der Waals surface area contributed by atoms with E-state index in [4.69, 9.17) is 5.14 Å². The van der Waals surface area contributed by atoms with Gasteiger partial charge >= 0.3 is 0 Å². The molecule has 3 N–H and O–H groups in total. The molecule has 0 fully saturated rings. The van der Waals surface area contributed by atoms with Crippen LogP contribution in [0, 0.1) is 11.6 Å². The molecule has 2 aromatic carbocycles. The highest BCUT2D eigenvalue weighted by Gasteiger charge is 2.16. The Morgan fingerprint density at radius 2 is 1.71 bits per heavy atom. The van der Waals surface area contributed by atoms with Gasteiger partial charge in [0.25, 0.3) is 5.91 Å².